The van der Waals surface area contributed by atoms with E-state index in [-0.39, 0.29) is 0 Å². The van der Waals surface area contributed by atoms with Gasteiger partial charge in [-0.25, -0.2) is 0 Å². The summed E-state index contributed by atoms with van der Waals surface area (Å²) < 4.78 is 0. The molecule has 15 heavy (non-hydrogen) atoms. The summed E-state index contributed by atoms with van der Waals surface area (Å²) in [6.07, 6.45) is 2.47. The van der Waals surface area contributed by atoms with Gasteiger partial charge in [0.15, 0.2) is 0 Å². The smallest absolute Gasteiger partial charge is 0.0317 e. The Kier molecular flexibility index (Phi) is 2.96. The van der Waals surface area contributed by atoms with Crippen LogP contribution in [0.15, 0.2) is 18.2 Å². The zero-order valence-electron chi connectivity index (χ0n) is 9.59. The van der Waals surface area contributed by atoms with Gasteiger partial charge in [0.25, 0.3) is 0 Å². The van der Waals surface area contributed by atoms with Crippen molar-refractivity contribution in [3.63, 3.8) is 0 Å². The summed E-state index contributed by atoms with van der Waals surface area (Å²) in [6, 6.07) is 6.90. The van der Waals surface area contributed by atoms with Gasteiger partial charge in [0.05, 0.1) is 0 Å². The average Bonchev–Trinajstić information content (AvgIpc) is 2.57. The number of hydrogen-bond donors (Lipinski definition) is 2. The van der Waals surface area contributed by atoms with Gasteiger partial charge in [-0.15, -0.1) is 0 Å². The van der Waals surface area contributed by atoms with Crippen LogP contribution in [0.4, 0.5) is 5.69 Å². The van der Waals surface area contributed by atoms with Crippen molar-refractivity contribution in [3.8, 4) is 0 Å². The molecule has 0 heterocycles. The number of nitrogens with two attached hydrogens (primary N) is 1. The number of aryl methyl sites for hydroxylation is 1. The minimum atomic E-state index is 0.565. The lowest BCUT2D eigenvalue weighted by atomic mass is 10.0. The molecule has 0 amide bonds. The number of rotatable bonds is 3. The summed E-state index contributed by atoms with van der Waals surface area (Å²) >= 11 is 0. The Morgan fingerprint density at radius 2 is 2.27 bits per heavy atom. The molecule has 1 aromatic rings. The molecule has 0 saturated carbocycles. The molecule has 1 aromatic carbocycles. The molecule has 0 bridgehead atoms. The predicted molar refractivity (Wildman–Crippen MR) is 65.1 cm³/mol. The molecule has 1 atom stereocenters. The van der Waals surface area contributed by atoms with Crippen molar-refractivity contribution in [2.45, 2.75) is 38.6 Å². The van der Waals surface area contributed by atoms with Crippen molar-refractivity contribution < 1.29 is 0 Å². The maximum Gasteiger partial charge on any atom is 0.0317 e. The molecule has 0 aromatic heterocycles. The quantitative estimate of drug-likeness (QED) is 0.741. The molecule has 0 spiro atoms. The standard InChI is InChI=1S/C13H20N2/c1-9(2)15-8-11-4-3-10-5-6-12(14)7-13(10)11/h5-7,9,11,15H,3-4,8,14H2,1-2H3. The second-order valence-electron chi connectivity index (χ2n) is 4.76. The van der Waals surface area contributed by atoms with Crippen LogP contribution >= 0.6 is 0 Å². The van der Waals surface area contributed by atoms with E-state index >= 15 is 0 Å². The Bertz CT molecular complexity index is 344. The van der Waals surface area contributed by atoms with E-state index in [0.29, 0.717) is 12.0 Å². The van der Waals surface area contributed by atoms with Crippen molar-refractivity contribution in [3.05, 3.63) is 29.3 Å². The highest BCUT2D eigenvalue weighted by Crippen LogP contribution is 2.33. The molecule has 82 valence electrons. The SMILES string of the molecule is CC(C)NCC1CCc2ccc(N)cc21. The highest BCUT2D eigenvalue weighted by molar-refractivity contribution is 5.48. The molecule has 0 fully saturated rings. The number of benzene rings is 1. The molecule has 3 N–H and O–H groups in total. The van der Waals surface area contributed by atoms with Crippen LogP contribution in [-0.4, -0.2) is 12.6 Å². The summed E-state index contributed by atoms with van der Waals surface area (Å²) in [7, 11) is 0. The highest BCUT2D eigenvalue weighted by Gasteiger charge is 2.22. The number of anilines is 1. The molecule has 1 unspecified atom stereocenters. The first-order valence-corrected chi connectivity index (χ1v) is 5.78. The van der Waals surface area contributed by atoms with Crippen molar-refractivity contribution in [1.29, 1.82) is 0 Å². The van der Waals surface area contributed by atoms with E-state index in [0.717, 1.165) is 12.2 Å². The van der Waals surface area contributed by atoms with Gasteiger partial charge in [0, 0.05) is 18.3 Å². The Morgan fingerprint density at radius 1 is 1.47 bits per heavy atom. The minimum Gasteiger partial charge on any atom is -0.399 e. The molecule has 2 nitrogen and oxygen atoms in total. The van der Waals surface area contributed by atoms with Crippen LogP contribution in [0.2, 0.25) is 0 Å². The van der Waals surface area contributed by atoms with Gasteiger partial charge in [0.1, 0.15) is 0 Å². The third-order valence-corrected chi connectivity index (χ3v) is 3.14. The minimum absolute atomic E-state index is 0.565. The number of nitrogen functional groups attached to an aromatic ring is 1. The Labute approximate surface area is 91.9 Å². The van der Waals surface area contributed by atoms with Crippen LogP contribution < -0.4 is 11.1 Å². The molecule has 0 aliphatic heterocycles. The lowest BCUT2D eigenvalue weighted by Gasteiger charge is -2.15. The van der Waals surface area contributed by atoms with Gasteiger partial charge in [-0.2, -0.15) is 0 Å². The van der Waals surface area contributed by atoms with Gasteiger partial charge < -0.3 is 11.1 Å². The van der Waals surface area contributed by atoms with Crippen molar-refractivity contribution >= 4 is 5.69 Å². The van der Waals surface area contributed by atoms with Gasteiger partial charge in [-0.1, -0.05) is 19.9 Å². The van der Waals surface area contributed by atoms with E-state index in [1.807, 2.05) is 6.07 Å². The largest absolute Gasteiger partial charge is 0.399 e. The monoisotopic (exact) mass is 204 g/mol. The fourth-order valence-corrected chi connectivity index (χ4v) is 2.30. The lowest BCUT2D eigenvalue weighted by molar-refractivity contribution is 0.527. The van der Waals surface area contributed by atoms with Crippen LogP contribution in [0.25, 0.3) is 0 Å². The molecule has 1 aliphatic rings. The van der Waals surface area contributed by atoms with E-state index in [1.54, 1.807) is 0 Å². The van der Waals surface area contributed by atoms with Crippen molar-refractivity contribution in [2.75, 3.05) is 12.3 Å². The Hall–Kier alpha value is -1.02. The third kappa shape index (κ3) is 2.32. The van der Waals surface area contributed by atoms with Gasteiger partial charge in [-0.05, 0) is 42.0 Å². The average molecular weight is 204 g/mol. The lowest BCUT2D eigenvalue weighted by Crippen LogP contribution is -2.27. The molecular formula is C13H20N2. The molecule has 0 radical (unpaired) electrons. The summed E-state index contributed by atoms with van der Waals surface area (Å²) in [5.74, 6) is 0.658. The first-order chi connectivity index (χ1) is 7.16. The Balaban J connectivity index is 2.10. The summed E-state index contributed by atoms with van der Waals surface area (Å²) in [5, 5.41) is 3.51. The van der Waals surface area contributed by atoms with Crippen molar-refractivity contribution in [1.82, 2.24) is 5.32 Å². The second-order valence-corrected chi connectivity index (χ2v) is 4.76. The number of nitrogens with one attached hydrogen (secondary N) is 1. The summed E-state index contributed by atoms with van der Waals surface area (Å²) in [4.78, 5) is 0. The molecule has 1 aliphatic carbocycles. The maximum atomic E-state index is 5.83. The molecular weight excluding hydrogens is 184 g/mol. The van der Waals surface area contributed by atoms with Gasteiger partial charge >= 0.3 is 0 Å². The third-order valence-electron chi connectivity index (χ3n) is 3.14. The fraction of sp³-hybridized carbons (Fsp3) is 0.538. The van der Waals surface area contributed by atoms with Crippen LogP contribution in [0.3, 0.4) is 0 Å². The zero-order chi connectivity index (χ0) is 10.8. The summed E-state index contributed by atoms with van der Waals surface area (Å²) in [6.45, 7) is 5.46. The zero-order valence-corrected chi connectivity index (χ0v) is 9.59. The van der Waals surface area contributed by atoms with E-state index in [4.69, 9.17) is 5.73 Å². The van der Waals surface area contributed by atoms with E-state index in [9.17, 15) is 0 Å². The predicted octanol–water partition coefficient (Wildman–Crippen LogP) is 2.30. The van der Waals surface area contributed by atoms with E-state index < -0.39 is 0 Å². The number of hydrogen-bond acceptors (Lipinski definition) is 2. The van der Waals surface area contributed by atoms with Crippen LogP contribution in [0, 0.1) is 0 Å². The van der Waals surface area contributed by atoms with Crippen LogP contribution in [0.5, 0.6) is 0 Å². The van der Waals surface area contributed by atoms with E-state index in [2.05, 4.69) is 31.3 Å². The molecule has 2 heteroatoms. The first kappa shape index (κ1) is 10.5. The normalized spacial score (nSPS) is 19.5. The van der Waals surface area contributed by atoms with E-state index in [1.165, 1.54) is 24.0 Å². The second kappa shape index (κ2) is 4.23. The topological polar surface area (TPSA) is 38.0 Å². The maximum absolute atomic E-state index is 5.83. The van der Waals surface area contributed by atoms with Gasteiger partial charge in [-0.3, -0.25) is 0 Å². The first-order valence-electron chi connectivity index (χ1n) is 5.78. The highest BCUT2D eigenvalue weighted by atomic mass is 14.9. The number of fused-ring (bicyclic) bond motifs is 1. The van der Waals surface area contributed by atoms with Crippen molar-refractivity contribution in [2.24, 2.45) is 0 Å². The molecule has 2 rings (SSSR count). The van der Waals surface area contributed by atoms with Gasteiger partial charge in [0.2, 0.25) is 0 Å². The Morgan fingerprint density at radius 3 is 3.00 bits per heavy atom. The fourth-order valence-electron chi connectivity index (χ4n) is 2.30. The molecule has 0 saturated heterocycles. The van der Waals surface area contributed by atoms with Crippen LogP contribution in [-0.2, 0) is 6.42 Å². The van der Waals surface area contributed by atoms with Crippen LogP contribution in [0.1, 0.15) is 37.3 Å². The summed E-state index contributed by atoms with van der Waals surface area (Å²) in [5.41, 5.74) is 9.67.